The van der Waals surface area contributed by atoms with Crippen LogP contribution < -0.4 is 15.4 Å². The van der Waals surface area contributed by atoms with Crippen molar-refractivity contribution < 1.29 is 18.3 Å². The molecule has 4 rings (SSSR count). The van der Waals surface area contributed by atoms with Crippen LogP contribution in [0, 0.1) is 0 Å². The number of hydrogen-bond donors (Lipinski definition) is 1. The quantitative estimate of drug-likeness (QED) is 0.635. The lowest BCUT2D eigenvalue weighted by Crippen LogP contribution is -2.48. The summed E-state index contributed by atoms with van der Waals surface area (Å²) in [6.45, 7) is -1.47. The second-order valence-electron chi connectivity index (χ2n) is 7.41. The molecule has 1 aliphatic rings. The third-order valence-corrected chi connectivity index (χ3v) is 5.31. The molecule has 1 amide bonds. The molecule has 0 bridgehead atoms. The summed E-state index contributed by atoms with van der Waals surface area (Å²) in [7, 11) is 3.62. The maximum atomic E-state index is 13.1. The Hall–Kier alpha value is -3.27. The van der Waals surface area contributed by atoms with Crippen molar-refractivity contribution >= 4 is 28.4 Å². The van der Waals surface area contributed by atoms with Crippen molar-refractivity contribution in [2.24, 2.45) is 12.8 Å². The first-order valence-corrected chi connectivity index (χ1v) is 9.42. The molecule has 2 aromatic heterocycles. The summed E-state index contributed by atoms with van der Waals surface area (Å²) < 4.78 is 32.9. The minimum Gasteiger partial charge on any atom is -0.433 e. The van der Waals surface area contributed by atoms with E-state index in [4.69, 9.17) is 10.5 Å². The number of nitrogens with zero attached hydrogens (tertiary/aromatic N) is 5. The fraction of sp³-hybridized carbons (Fsp3) is 0.350. The molecule has 2 N–H and O–H groups in total. The number of amides is 1. The van der Waals surface area contributed by atoms with Crippen molar-refractivity contribution in [3.8, 4) is 5.75 Å². The number of aryl methyl sites for hydroxylation is 1. The molecule has 0 spiro atoms. The van der Waals surface area contributed by atoms with E-state index in [9.17, 15) is 13.6 Å². The summed E-state index contributed by atoms with van der Waals surface area (Å²) in [5.41, 5.74) is 8.19. The van der Waals surface area contributed by atoms with Crippen LogP contribution in [0.5, 0.6) is 5.75 Å². The Labute approximate surface area is 171 Å². The number of alkyl halides is 2. The van der Waals surface area contributed by atoms with Gasteiger partial charge in [-0.3, -0.25) is 9.69 Å². The zero-order valence-electron chi connectivity index (χ0n) is 16.6. The number of rotatable bonds is 7. The normalized spacial score (nSPS) is 14.8. The third-order valence-electron chi connectivity index (χ3n) is 5.31. The van der Waals surface area contributed by atoms with E-state index in [0.29, 0.717) is 24.6 Å². The number of benzene rings is 1. The van der Waals surface area contributed by atoms with Crippen LogP contribution in [-0.4, -0.2) is 58.6 Å². The summed E-state index contributed by atoms with van der Waals surface area (Å²) in [6.07, 6.45) is 3.33. The van der Waals surface area contributed by atoms with Crippen LogP contribution in [0.4, 0.5) is 20.3 Å². The molecule has 158 valence electrons. The van der Waals surface area contributed by atoms with Gasteiger partial charge in [-0.25, -0.2) is 9.97 Å². The Balaban J connectivity index is 1.61. The Bertz CT molecular complexity index is 1080. The predicted octanol–water partition coefficient (Wildman–Crippen LogP) is 2.22. The maximum absolute atomic E-state index is 13.1. The van der Waals surface area contributed by atoms with E-state index < -0.39 is 6.61 Å². The number of pyridine rings is 1. The van der Waals surface area contributed by atoms with Crippen LogP contribution >= 0.6 is 0 Å². The van der Waals surface area contributed by atoms with E-state index in [0.717, 1.165) is 16.6 Å². The molecule has 3 aromatic rings. The Kier molecular flexibility index (Phi) is 5.25. The van der Waals surface area contributed by atoms with Gasteiger partial charge in [0.15, 0.2) is 0 Å². The number of halogens is 2. The van der Waals surface area contributed by atoms with Crippen LogP contribution in [-0.2, 0) is 11.8 Å². The number of fused-ring (bicyclic) bond motifs is 1. The predicted molar refractivity (Wildman–Crippen MR) is 108 cm³/mol. The van der Waals surface area contributed by atoms with Gasteiger partial charge in [-0.05, 0) is 17.7 Å². The van der Waals surface area contributed by atoms with Gasteiger partial charge >= 0.3 is 6.61 Å². The summed E-state index contributed by atoms with van der Waals surface area (Å²) in [6, 6.07) is 7.11. The first kappa shape index (κ1) is 20.0. The molecule has 1 fully saturated rings. The van der Waals surface area contributed by atoms with E-state index in [1.807, 2.05) is 28.6 Å². The van der Waals surface area contributed by atoms with Crippen LogP contribution in [0.1, 0.15) is 11.5 Å². The zero-order chi connectivity index (χ0) is 21.4. The molecule has 10 heteroatoms. The smallest absolute Gasteiger partial charge is 0.387 e. The molecular weight excluding hydrogens is 394 g/mol. The number of ether oxygens (including phenoxy) is 1. The number of anilines is 2. The molecule has 0 atom stereocenters. The minimum atomic E-state index is -2.95. The second kappa shape index (κ2) is 7.86. The topological polar surface area (TPSA) is 89.5 Å². The van der Waals surface area contributed by atoms with Crippen LogP contribution in [0.3, 0.4) is 0 Å². The average molecular weight is 416 g/mol. The molecule has 30 heavy (non-hydrogen) atoms. The van der Waals surface area contributed by atoms with E-state index >= 15 is 0 Å². The number of imidazole rings is 1. The van der Waals surface area contributed by atoms with E-state index in [2.05, 4.69) is 9.97 Å². The van der Waals surface area contributed by atoms with Crippen LogP contribution in [0.15, 0.2) is 36.8 Å². The van der Waals surface area contributed by atoms with E-state index in [1.165, 1.54) is 0 Å². The van der Waals surface area contributed by atoms with E-state index in [-0.39, 0.29) is 24.1 Å². The highest BCUT2D eigenvalue weighted by Gasteiger charge is 2.30. The summed E-state index contributed by atoms with van der Waals surface area (Å²) in [5.74, 6) is 0.400. The SMILES string of the molecule is CN(c1cc2c(cn1)ncn2C)c1ccc(C2CN(CC(N)=O)C2)cc1OC(F)F. The van der Waals surface area contributed by atoms with Gasteiger partial charge in [-0.1, -0.05) is 6.07 Å². The molecular formula is C20H22F2N6O2. The monoisotopic (exact) mass is 416 g/mol. The van der Waals surface area contributed by atoms with Crippen LogP contribution in [0.2, 0.25) is 0 Å². The van der Waals surface area contributed by atoms with Gasteiger partial charge in [0.1, 0.15) is 17.1 Å². The van der Waals surface area contributed by atoms with Gasteiger partial charge in [0.2, 0.25) is 5.91 Å². The molecule has 0 radical (unpaired) electrons. The van der Waals surface area contributed by atoms with Gasteiger partial charge in [-0.15, -0.1) is 0 Å². The molecule has 1 aliphatic heterocycles. The highest BCUT2D eigenvalue weighted by Crippen LogP contribution is 2.38. The third kappa shape index (κ3) is 3.90. The van der Waals surface area contributed by atoms with Crippen molar-refractivity contribution in [1.29, 1.82) is 0 Å². The molecule has 1 aromatic carbocycles. The Morgan fingerprint density at radius 2 is 2.10 bits per heavy atom. The lowest BCUT2D eigenvalue weighted by atomic mass is 9.91. The molecule has 0 unspecified atom stereocenters. The number of nitrogens with two attached hydrogens (primary N) is 1. The lowest BCUT2D eigenvalue weighted by molar-refractivity contribution is -0.120. The van der Waals surface area contributed by atoms with Crippen molar-refractivity contribution in [3.05, 3.63) is 42.4 Å². The van der Waals surface area contributed by atoms with Gasteiger partial charge in [0.05, 0.1) is 30.3 Å². The van der Waals surface area contributed by atoms with Gasteiger partial charge in [0.25, 0.3) is 0 Å². The summed E-state index contributed by atoms with van der Waals surface area (Å²) in [5, 5.41) is 0. The molecule has 3 heterocycles. The standard InChI is InChI=1S/C20H22F2N6O2/c1-26-11-25-14-7-24-19(6-16(14)26)27(2)15-4-3-12(5-17(15)30-20(21)22)13-8-28(9-13)10-18(23)29/h3-7,11,13,20H,8-10H2,1-2H3,(H2,23,29). The lowest BCUT2D eigenvalue weighted by Gasteiger charge is -2.39. The number of primary amides is 1. The minimum absolute atomic E-state index is 0.0743. The van der Waals surface area contributed by atoms with Gasteiger partial charge in [0, 0.05) is 39.2 Å². The molecule has 0 saturated carbocycles. The van der Waals surface area contributed by atoms with Crippen molar-refractivity contribution in [2.45, 2.75) is 12.5 Å². The van der Waals surface area contributed by atoms with E-state index in [1.54, 1.807) is 36.6 Å². The second-order valence-corrected chi connectivity index (χ2v) is 7.41. The summed E-state index contributed by atoms with van der Waals surface area (Å²) in [4.78, 5) is 23.3. The number of carbonyl (C=O) groups is 1. The van der Waals surface area contributed by atoms with Crippen molar-refractivity contribution in [1.82, 2.24) is 19.4 Å². The first-order valence-electron chi connectivity index (χ1n) is 9.42. The number of likely N-dealkylation sites (tertiary alicyclic amines) is 1. The average Bonchev–Trinajstić information content (AvgIpc) is 3.03. The first-order chi connectivity index (χ1) is 14.3. The summed E-state index contributed by atoms with van der Waals surface area (Å²) >= 11 is 0. The van der Waals surface area contributed by atoms with Gasteiger partial charge < -0.3 is 19.9 Å². The number of aromatic nitrogens is 3. The fourth-order valence-corrected chi connectivity index (χ4v) is 3.71. The highest BCUT2D eigenvalue weighted by molar-refractivity contribution is 5.79. The maximum Gasteiger partial charge on any atom is 0.387 e. The van der Waals surface area contributed by atoms with Gasteiger partial charge in [-0.2, -0.15) is 8.78 Å². The number of carbonyl (C=O) groups excluding carboxylic acids is 1. The Morgan fingerprint density at radius 3 is 2.80 bits per heavy atom. The highest BCUT2D eigenvalue weighted by atomic mass is 19.3. The molecule has 1 saturated heterocycles. The molecule has 0 aliphatic carbocycles. The van der Waals surface area contributed by atoms with Crippen molar-refractivity contribution in [3.63, 3.8) is 0 Å². The van der Waals surface area contributed by atoms with Crippen LogP contribution in [0.25, 0.3) is 11.0 Å². The number of hydrogen-bond acceptors (Lipinski definition) is 6. The largest absolute Gasteiger partial charge is 0.433 e. The Morgan fingerprint density at radius 1 is 1.33 bits per heavy atom. The fourth-order valence-electron chi connectivity index (χ4n) is 3.71. The van der Waals surface area contributed by atoms with Crippen molar-refractivity contribution in [2.75, 3.05) is 31.6 Å². The zero-order valence-corrected chi connectivity index (χ0v) is 16.6. The molecule has 8 nitrogen and oxygen atoms in total.